The molecule has 19 heavy (non-hydrogen) atoms. The number of nitrogens with two attached hydrogens (primary N) is 1. The summed E-state index contributed by atoms with van der Waals surface area (Å²) < 4.78 is 1.11. The summed E-state index contributed by atoms with van der Waals surface area (Å²) in [5, 5.41) is 0. The maximum absolute atomic E-state index is 6.30. The molecule has 2 rings (SSSR count). The van der Waals surface area contributed by atoms with E-state index in [1.165, 1.54) is 5.56 Å². The van der Waals surface area contributed by atoms with Gasteiger partial charge in [0.05, 0.1) is 0 Å². The van der Waals surface area contributed by atoms with Crippen molar-refractivity contribution in [3.8, 4) is 0 Å². The number of likely N-dealkylation sites (N-methyl/N-ethyl adjacent to an activating group) is 1. The second-order valence-electron chi connectivity index (χ2n) is 5.60. The molecule has 0 saturated carbocycles. The molecule has 1 aromatic rings. The second-order valence-corrected chi connectivity index (χ2v) is 6.51. The summed E-state index contributed by atoms with van der Waals surface area (Å²) in [5.41, 5.74) is 7.51. The predicted octanol–water partition coefficient (Wildman–Crippen LogP) is 2.47. The highest BCUT2D eigenvalue weighted by molar-refractivity contribution is 9.10. The lowest BCUT2D eigenvalue weighted by atomic mass is 10.0. The molecule has 0 radical (unpaired) electrons. The fourth-order valence-corrected chi connectivity index (χ4v) is 3.14. The SMILES string of the molecule is CC1CN(C)CCN1CCC(N)c1cccc(Br)c1. The van der Waals surface area contributed by atoms with Crippen LogP contribution in [0.15, 0.2) is 28.7 Å². The number of nitrogens with zero attached hydrogens (tertiary/aromatic N) is 2. The van der Waals surface area contributed by atoms with Crippen LogP contribution in [0.25, 0.3) is 0 Å². The third-order valence-electron chi connectivity index (χ3n) is 3.97. The van der Waals surface area contributed by atoms with Gasteiger partial charge in [0.1, 0.15) is 0 Å². The Hall–Kier alpha value is -0.420. The minimum absolute atomic E-state index is 0.129. The third kappa shape index (κ3) is 4.28. The molecule has 1 aromatic carbocycles. The lowest BCUT2D eigenvalue weighted by Crippen LogP contribution is -2.50. The molecule has 1 saturated heterocycles. The molecule has 0 aliphatic carbocycles. The highest BCUT2D eigenvalue weighted by atomic mass is 79.9. The molecule has 1 heterocycles. The molecule has 0 bridgehead atoms. The zero-order valence-corrected chi connectivity index (χ0v) is 13.4. The first kappa shape index (κ1) is 15.0. The Kier molecular flexibility index (Phi) is 5.39. The van der Waals surface area contributed by atoms with Gasteiger partial charge in [-0.25, -0.2) is 0 Å². The largest absolute Gasteiger partial charge is 0.324 e. The van der Waals surface area contributed by atoms with E-state index in [1.54, 1.807) is 0 Å². The number of hydrogen-bond acceptors (Lipinski definition) is 3. The third-order valence-corrected chi connectivity index (χ3v) is 4.47. The molecular weight excluding hydrogens is 302 g/mol. The second kappa shape index (κ2) is 6.84. The van der Waals surface area contributed by atoms with Gasteiger partial charge in [0.15, 0.2) is 0 Å². The van der Waals surface area contributed by atoms with Crippen molar-refractivity contribution in [1.82, 2.24) is 9.80 Å². The topological polar surface area (TPSA) is 32.5 Å². The first-order valence-corrected chi connectivity index (χ1v) is 7.79. The number of benzene rings is 1. The Balaban J connectivity index is 1.85. The van der Waals surface area contributed by atoms with Crippen molar-refractivity contribution in [1.29, 1.82) is 0 Å². The molecular formula is C15H24BrN3. The maximum atomic E-state index is 6.30. The molecule has 2 unspecified atom stereocenters. The average molecular weight is 326 g/mol. The first-order chi connectivity index (χ1) is 9.06. The smallest absolute Gasteiger partial charge is 0.0307 e. The molecule has 1 aliphatic rings. The van der Waals surface area contributed by atoms with Crippen LogP contribution < -0.4 is 5.73 Å². The maximum Gasteiger partial charge on any atom is 0.0307 e. The van der Waals surface area contributed by atoms with Gasteiger partial charge < -0.3 is 10.6 Å². The van der Waals surface area contributed by atoms with Crippen LogP contribution in [-0.2, 0) is 0 Å². The fraction of sp³-hybridized carbons (Fsp3) is 0.600. The monoisotopic (exact) mass is 325 g/mol. The Labute approximate surface area is 124 Å². The zero-order chi connectivity index (χ0) is 13.8. The van der Waals surface area contributed by atoms with Crippen molar-refractivity contribution >= 4 is 15.9 Å². The molecule has 2 N–H and O–H groups in total. The van der Waals surface area contributed by atoms with Crippen molar-refractivity contribution in [3.05, 3.63) is 34.3 Å². The standard InChI is InChI=1S/C15H24BrN3/c1-12-11-18(2)8-9-19(12)7-6-15(17)13-4-3-5-14(16)10-13/h3-5,10,12,15H,6-9,11,17H2,1-2H3. The van der Waals surface area contributed by atoms with E-state index in [9.17, 15) is 0 Å². The van der Waals surface area contributed by atoms with Crippen LogP contribution in [0.2, 0.25) is 0 Å². The molecule has 1 fully saturated rings. The lowest BCUT2D eigenvalue weighted by molar-refractivity contribution is 0.0973. The van der Waals surface area contributed by atoms with Crippen molar-refractivity contribution in [2.45, 2.75) is 25.4 Å². The van der Waals surface area contributed by atoms with Crippen LogP contribution in [0.4, 0.5) is 0 Å². The van der Waals surface area contributed by atoms with Gasteiger partial charge in [-0.2, -0.15) is 0 Å². The number of piperazine rings is 1. The Morgan fingerprint density at radius 1 is 1.42 bits per heavy atom. The Bertz CT molecular complexity index is 410. The summed E-state index contributed by atoms with van der Waals surface area (Å²) in [6.45, 7) is 6.87. The van der Waals surface area contributed by atoms with Gasteiger partial charge >= 0.3 is 0 Å². The van der Waals surface area contributed by atoms with E-state index in [1.807, 2.05) is 6.07 Å². The minimum Gasteiger partial charge on any atom is -0.324 e. The molecule has 0 aromatic heterocycles. The Morgan fingerprint density at radius 3 is 2.89 bits per heavy atom. The number of hydrogen-bond donors (Lipinski definition) is 1. The summed E-state index contributed by atoms with van der Waals surface area (Å²) in [6, 6.07) is 9.09. The molecule has 1 aliphatic heterocycles. The highest BCUT2D eigenvalue weighted by Gasteiger charge is 2.21. The van der Waals surface area contributed by atoms with Gasteiger partial charge in [-0.3, -0.25) is 4.90 Å². The molecule has 0 spiro atoms. The van der Waals surface area contributed by atoms with Gasteiger partial charge in [0.2, 0.25) is 0 Å². The zero-order valence-electron chi connectivity index (χ0n) is 11.8. The molecule has 0 amide bonds. The van der Waals surface area contributed by atoms with E-state index in [2.05, 4.69) is 57.9 Å². The summed E-state index contributed by atoms with van der Waals surface area (Å²) in [5.74, 6) is 0. The van der Waals surface area contributed by atoms with Gasteiger partial charge in [0.25, 0.3) is 0 Å². The van der Waals surface area contributed by atoms with Gasteiger partial charge in [0, 0.05) is 42.7 Å². The van der Waals surface area contributed by atoms with Gasteiger partial charge in [-0.1, -0.05) is 28.1 Å². The van der Waals surface area contributed by atoms with Crippen LogP contribution in [-0.4, -0.2) is 49.1 Å². The number of halogens is 1. The van der Waals surface area contributed by atoms with Crippen LogP contribution >= 0.6 is 15.9 Å². The molecule has 4 heteroatoms. The van der Waals surface area contributed by atoms with Crippen molar-refractivity contribution in [3.63, 3.8) is 0 Å². The van der Waals surface area contributed by atoms with E-state index < -0.39 is 0 Å². The summed E-state index contributed by atoms with van der Waals surface area (Å²) in [7, 11) is 2.20. The normalized spacial score (nSPS) is 23.5. The first-order valence-electron chi connectivity index (χ1n) is 7.00. The quantitative estimate of drug-likeness (QED) is 0.923. The highest BCUT2D eigenvalue weighted by Crippen LogP contribution is 2.20. The van der Waals surface area contributed by atoms with Crippen LogP contribution in [0.3, 0.4) is 0 Å². The lowest BCUT2D eigenvalue weighted by Gasteiger charge is -2.38. The average Bonchev–Trinajstić information content (AvgIpc) is 2.37. The van der Waals surface area contributed by atoms with E-state index >= 15 is 0 Å². The summed E-state index contributed by atoms with van der Waals surface area (Å²) in [6.07, 6.45) is 1.02. The fourth-order valence-electron chi connectivity index (χ4n) is 2.72. The minimum atomic E-state index is 0.129. The van der Waals surface area contributed by atoms with Crippen LogP contribution in [0.5, 0.6) is 0 Å². The van der Waals surface area contributed by atoms with Gasteiger partial charge in [-0.05, 0) is 38.1 Å². The Morgan fingerprint density at radius 2 is 2.21 bits per heavy atom. The number of rotatable bonds is 4. The van der Waals surface area contributed by atoms with E-state index in [0.29, 0.717) is 6.04 Å². The van der Waals surface area contributed by atoms with E-state index in [4.69, 9.17) is 5.73 Å². The van der Waals surface area contributed by atoms with E-state index in [-0.39, 0.29) is 6.04 Å². The molecule has 106 valence electrons. The van der Waals surface area contributed by atoms with E-state index in [0.717, 1.165) is 37.1 Å². The predicted molar refractivity (Wildman–Crippen MR) is 84.2 cm³/mol. The summed E-state index contributed by atoms with van der Waals surface area (Å²) >= 11 is 3.50. The summed E-state index contributed by atoms with van der Waals surface area (Å²) in [4.78, 5) is 4.95. The molecule has 3 nitrogen and oxygen atoms in total. The van der Waals surface area contributed by atoms with Crippen molar-refractivity contribution in [2.75, 3.05) is 33.2 Å². The van der Waals surface area contributed by atoms with Crippen LogP contribution in [0.1, 0.15) is 24.9 Å². The van der Waals surface area contributed by atoms with Gasteiger partial charge in [-0.15, -0.1) is 0 Å². The molecule has 2 atom stereocenters. The van der Waals surface area contributed by atoms with Crippen LogP contribution in [0, 0.1) is 0 Å². The van der Waals surface area contributed by atoms with Crippen molar-refractivity contribution in [2.24, 2.45) is 5.73 Å². The van der Waals surface area contributed by atoms with Crippen molar-refractivity contribution < 1.29 is 0 Å².